The molecule has 1 atom stereocenters. The number of hydrogen-bond acceptors (Lipinski definition) is 7. The number of anilines is 3. The smallest absolute Gasteiger partial charge is 0.224 e. The molecule has 2 aromatic heterocycles. The van der Waals surface area contributed by atoms with Crippen LogP contribution in [0.5, 0.6) is 0 Å². The molecule has 0 aromatic carbocycles. The summed E-state index contributed by atoms with van der Waals surface area (Å²) in [4.78, 5) is 22.0. The Labute approximate surface area is 136 Å². The number of hydrogen-bond donors (Lipinski definition) is 1. The second-order valence-electron chi connectivity index (χ2n) is 6.03. The van der Waals surface area contributed by atoms with E-state index in [4.69, 9.17) is 0 Å². The minimum Gasteiger partial charge on any atom is -0.363 e. The second kappa shape index (κ2) is 6.76. The lowest BCUT2D eigenvalue weighted by molar-refractivity contribution is 0.523. The van der Waals surface area contributed by atoms with Crippen LogP contribution >= 0.6 is 0 Å². The molecule has 122 valence electrons. The maximum atomic E-state index is 4.54. The van der Waals surface area contributed by atoms with Gasteiger partial charge in [-0.2, -0.15) is 4.98 Å². The number of aromatic nitrogens is 4. The first-order valence-electron chi connectivity index (χ1n) is 7.93. The van der Waals surface area contributed by atoms with Crippen LogP contribution in [0.3, 0.4) is 0 Å². The molecule has 0 bridgehead atoms. The number of rotatable bonds is 4. The molecule has 1 saturated heterocycles. The zero-order valence-corrected chi connectivity index (χ0v) is 13.9. The Morgan fingerprint density at radius 1 is 1.17 bits per heavy atom. The highest BCUT2D eigenvalue weighted by Crippen LogP contribution is 2.21. The van der Waals surface area contributed by atoms with Crippen LogP contribution in [0.25, 0.3) is 0 Å². The Kier molecular flexibility index (Phi) is 4.55. The molecular formula is C16H23N7. The van der Waals surface area contributed by atoms with Gasteiger partial charge in [0.1, 0.15) is 11.6 Å². The van der Waals surface area contributed by atoms with Crippen molar-refractivity contribution in [1.82, 2.24) is 19.9 Å². The van der Waals surface area contributed by atoms with Crippen LogP contribution in [0.15, 0.2) is 24.7 Å². The molecule has 2 aromatic rings. The van der Waals surface area contributed by atoms with E-state index >= 15 is 0 Å². The van der Waals surface area contributed by atoms with Crippen LogP contribution in [0.1, 0.15) is 18.5 Å². The summed E-state index contributed by atoms with van der Waals surface area (Å²) in [7, 11) is 3.95. The Bertz CT molecular complexity index is 658. The molecule has 7 nitrogen and oxygen atoms in total. The highest BCUT2D eigenvalue weighted by Gasteiger charge is 2.22. The summed E-state index contributed by atoms with van der Waals surface area (Å²) < 4.78 is 0. The fourth-order valence-electron chi connectivity index (χ4n) is 2.85. The molecule has 1 fully saturated rings. The van der Waals surface area contributed by atoms with E-state index in [1.165, 1.54) is 0 Å². The van der Waals surface area contributed by atoms with Crippen molar-refractivity contribution in [3.8, 4) is 0 Å². The third-order valence-electron chi connectivity index (χ3n) is 4.01. The third-order valence-corrected chi connectivity index (χ3v) is 4.01. The maximum Gasteiger partial charge on any atom is 0.224 e. The number of aryl methyl sites for hydroxylation is 1. The number of nitrogens with zero attached hydrogens (tertiary/aromatic N) is 6. The molecule has 23 heavy (non-hydrogen) atoms. The molecule has 1 aliphatic rings. The lowest BCUT2D eigenvalue weighted by Gasteiger charge is -2.34. The zero-order valence-electron chi connectivity index (χ0n) is 13.9. The largest absolute Gasteiger partial charge is 0.363 e. The van der Waals surface area contributed by atoms with Gasteiger partial charge < -0.3 is 15.1 Å². The van der Waals surface area contributed by atoms with E-state index in [2.05, 4.69) is 30.2 Å². The fourth-order valence-corrected chi connectivity index (χ4v) is 2.85. The van der Waals surface area contributed by atoms with Crippen molar-refractivity contribution in [1.29, 1.82) is 0 Å². The van der Waals surface area contributed by atoms with Gasteiger partial charge in [0.05, 0.1) is 5.69 Å². The van der Waals surface area contributed by atoms with Crippen molar-refractivity contribution in [2.75, 3.05) is 42.3 Å². The van der Waals surface area contributed by atoms with Crippen molar-refractivity contribution in [3.63, 3.8) is 0 Å². The first-order valence-corrected chi connectivity index (χ1v) is 7.93. The quantitative estimate of drug-likeness (QED) is 0.921. The van der Waals surface area contributed by atoms with E-state index in [9.17, 15) is 0 Å². The van der Waals surface area contributed by atoms with Gasteiger partial charge in [0.2, 0.25) is 5.95 Å². The van der Waals surface area contributed by atoms with Crippen molar-refractivity contribution in [2.24, 2.45) is 0 Å². The van der Waals surface area contributed by atoms with Gasteiger partial charge >= 0.3 is 0 Å². The van der Waals surface area contributed by atoms with Crippen LogP contribution in [0, 0.1) is 6.92 Å². The molecule has 0 aliphatic carbocycles. The van der Waals surface area contributed by atoms with Crippen LogP contribution in [-0.2, 0) is 0 Å². The second-order valence-corrected chi connectivity index (χ2v) is 6.03. The lowest BCUT2D eigenvalue weighted by Crippen LogP contribution is -2.43. The standard InChI is InChI=1S/C16H23N7/c1-12-15(18-9-8-17-12)23-10-4-5-13(11-23)20-16-19-7-6-14(21-16)22(2)3/h6-9,13H,4-5,10-11H2,1-3H3,(H,19,20,21). The van der Waals surface area contributed by atoms with E-state index in [0.29, 0.717) is 12.0 Å². The predicted molar refractivity (Wildman–Crippen MR) is 92.0 cm³/mol. The summed E-state index contributed by atoms with van der Waals surface area (Å²) in [6.07, 6.45) is 7.49. The highest BCUT2D eigenvalue weighted by atomic mass is 15.3. The molecule has 7 heteroatoms. The summed E-state index contributed by atoms with van der Waals surface area (Å²) >= 11 is 0. The van der Waals surface area contributed by atoms with Gasteiger partial charge in [0, 0.05) is 51.8 Å². The summed E-state index contributed by atoms with van der Waals surface area (Å²) in [6.45, 7) is 3.90. The summed E-state index contributed by atoms with van der Waals surface area (Å²) in [5, 5.41) is 3.46. The van der Waals surface area contributed by atoms with Crippen LogP contribution in [0.2, 0.25) is 0 Å². The molecule has 1 unspecified atom stereocenters. The molecule has 0 saturated carbocycles. The van der Waals surface area contributed by atoms with E-state index in [-0.39, 0.29) is 0 Å². The topological polar surface area (TPSA) is 70.1 Å². The molecule has 0 radical (unpaired) electrons. The molecular weight excluding hydrogens is 290 g/mol. The monoisotopic (exact) mass is 313 g/mol. The van der Waals surface area contributed by atoms with E-state index in [1.54, 1.807) is 18.6 Å². The van der Waals surface area contributed by atoms with Gasteiger partial charge in [-0.25, -0.2) is 9.97 Å². The van der Waals surface area contributed by atoms with Crippen molar-refractivity contribution in [2.45, 2.75) is 25.8 Å². The van der Waals surface area contributed by atoms with Crippen LogP contribution in [-0.4, -0.2) is 53.2 Å². The van der Waals surface area contributed by atoms with Gasteiger partial charge in [-0.05, 0) is 25.8 Å². The third kappa shape index (κ3) is 3.67. The Balaban J connectivity index is 1.70. The predicted octanol–water partition coefficient (Wildman–Crippen LogP) is 1.72. The van der Waals surface area contributed by atoms with Gasteiger partial charge in [-0.1, -0.05) is 0 Å². The summed E-state index contributed by atoms with van der Waals surface area (Å²) in [5.41, 5.74) is 0.971. The van der Waals surface area contributed by atoms with E-state index in [0.717, 1.165) is 43.3 Å². The SMILES string of the molecule is Cc1nccnc1N1CCCC(Nc2nccc(N(C)C)n2)C1. The first kappa shape index (κ1) is 15.5. The van der Waals surface area contributed by atoms with Crippen molar-refractivity contribution < 1.29 is 0 Å². The van der Waals surface area contributed by atoms with E-state index < -0.39 is 0 Å². The molecule has 0 amide bonds. The van der Waals surface area contributed by atoms with Crippen LogP contribution in [0.4, 0.5) is 17.6 Å². The van der Waals surface area contributed by atoms with Gasteiger partial charge in [-0.15, -0.1) is 0 Å². The average molecular weight is 313 g/mol. The lowest BCUT2D eigenvalue weighted by atomic mass is 10.1. The molecule has 3 heterocycles. The van der Waals surface area contributed by atoms with Crippen LogP contribution < -0.4 is 15.1 Å². The number of nitrogens with one attached hydrogen (secondary N) is 1. The van der Waals surface area contributed by atoms with Gasteiger partial charge in [0.15, 0.2) is 0 Å². The number of piperidine rings is 1. The molecule has 3 rings (SSSR count). The zero-order chi connectivity index (χ0) is 16.2. The Morgan fingerprint density at radius 3 is 2.78 bits per heavy atom. The molecule has 1 N–H and O–H groups in total. The normalized spacial score (nSPS) is 17.9. The average Bonchev–Trinajstić information content (AvgIpc) is 2.56. The summed E-state index contributed by atoms with van der Waals surface area (Å²) in [6, 6.07) is 2.21. The Hall–Kier alpha value is -2.44. The molecule has 1 aliphatic heterocycles. The highest BCUT2D eigenvalue weighted by molar-refractivity contribution is 5.45. The maximum absolute atomic E-state index is 4.54. The Morgan fingerprint density at radius 2 is 2.00 bits per heavy atom. The van der Waals surface area contributed by atoms with Gasteiger partial charge in [0.25, 0.3) is 0 Å². The van der Waals surface area contributed by atoms with Crippen molar-refractivity contribution in [3.05, 3.63) is 30.4 Å². The van der Waals surface area contributed by atoms with Crippen molar-refractivity contribution >= 4 is 17.6 Å². The fraction of sp³-hybridized carbons (Fsp3) is 0.500. The minimum absolute atomic E-state index is 0.308. The summed E-state index contributed by atoms with van der Waals surface area (Å²) in [5.74, 6) is 2.56. The minimum atomic E-state index is 0.308. The first-order chi connectivity index (χ1) is 11.1. The van der Waals surface area contributed by atoms with E-state index in [1.807, 2.05) is 32.0 Å². The molecule has 0 spiro atoms. The van der Waals surface area contributed by atoms with Gasteiger partial charge in [-0.3, -0.25) is 4.98 Å².